The van der Waals surface area contributed by atoms with Crippen molar-refractivity contribution >= 4 is 11.6 Å². The van der Waals surface area contributed by atoms with E-state index in [4.69, 9.17) is 0 Å². The highest BCUT2D eigenvalue weighted by Gasteiger charge is 2.31. The minimum atomic E-state index is -0.634. The van der Waals surface area contributed by atoms with Crippen molar-refractivity contribution < 1.29 is 19.8 Å². The van der Waals surface area contributed by atoms with Gasteiger partial charge in [0, 0.05) is 11.1 Å². The van der Waals surface area contributed by atoms with Crippen molar-refractivity contribution in [3.05, 3.63) is 22.7 Å². The predicted octanol–water partition coefficient (Wildman–Crippen LogP) is 5.48. The van der Waals surface area contributed by atoms with Crippen LogP contribution in [0.3, 0.4) is 0 Å². The third-order valence-corrected chi connectivity index (χ3v) is 4.72. The maximum atomic E-state index is 11.9. The Hall–Kier alpha value is -1.58. The standard InChI is InChI=1S/C20H32O4/c1-3-4-5-6-7-8-9-10-11-12-13-14-16-19(23)17(21)15(2)18(22)20(16)24/h21,24H,3-14H2,1-2H3. The van der Waals surface area contributed by atoms with E-state index in [0.29, 0.717) is 6.42 Å². The number of carbonyl (C=O) groups excluding carboxylic acids is 2. The molecule has 136 valence electrons. The van der Waals surface area contributed by atoms with Gasteiger partial charge in [-0.2, -0.15) is 0 Å². The Labute approximate surface area is 145 Å². The molecule has 0 spiro atoms. The Morgan fingerprint density at radius 3 is 1.62 bits per heavy atom. The average Bonchev–Trinajstić information content (AvgIpc) is 2.58. The number of rotatable bonds is 12. The number of aliphatic hydroxyl groups excluding tert-OH is 2. The fourth-order valence-corrected chi connectivity index (χ4v) is 3.04. The van der Waals surface area contributed by atoms with Crippen molar-refractivity contribution in [2.75, 3.05) is 0 Å². The molecule has 0 saturated carbocycles. The average molecular weight is 336 g/mol. The molecule has 0 aromatic carbocycles. The number of hydrogen-bond acceptors (Lipinski definition) is 4. The van der Waals surface area contributed by atoms with E-state index in [2.05, 4.69) is 6.92 Å². The van der Waals surface area contributed by atoms with Crippen molar-refractivity contribution in [3.63, 3.8) is 0 Å². The Morgan fingerprint density at radius 1 is 0.667 bits per heavy atom. The van der Waals surface area contributed by atoms with Crippen LogP contribution in [0.1, 0.15) is 90.9 Å². The zero-order valence-corrected chi connectivity index (χ0v) is 15.2. The number of ketones is 2. The smallest absolute Gasteiger partial charge is 0.227 e. The summed E-state index contributed by atoms with van der Waals surface area (Å²) in [5, 5.41) is 19.5. The number of carbonyl (C=O) groups is 2. The van der Waals surface area contributed by atoms with Gasteiger partial charge in [0.15, 0.2) is 11.5 Å². The first-order valence-corrected chi connectivity index (χ1v) is 9.42. The number of allylic oxidation sites excluding steroid dienone is 2. The lowest BCUT2D eigenvalue weighted by Crippen LogP contribution is -2.22. The molecule has 0 atom stereocenters. The summed E-state index contributed by atoms with van der Waals surface area (Å²) in [7, 11) is 0. The number of unbranched alkanes of at least 4 members (excludes halogenated alkanes) is 10. The first-order chi connectivity index (χ1) is 11.5. The van der Waals surface area contributed by atoms with Crippen molar-refractivity contribution in [2.45, 2.75) is 90.9 Å². The van der Waals surface area contributed by atoms with Gasteiger partial charge >= 0.3 is 0 Å². The number of aliphatic hydroxyl groups is 2. The lowest BCUT2D eigenvalue weighted by atomic mass is 9.91. The molecule has 0 heterocycles. The summed E-state index contributed by atoms with van der Waals surface area (Å²) < 4.78 is 0. The van der Waals surface area contributed by atoms with E-state index in [1.807, 2.05) is 0 Å². The van der Waals surface area contributed by atoms with Gasteiger partial charge in [0.05, 0.1) is 0 Å². The second-order valence-corrected chi connectivity index (χ2v) is 6.74. The van der Waals surface area contributed by atoms with Crippen LogP contribution in [-0.2, 0) is 9.59 Å². The van der Waals surface area contributed by atoms with Crippen LogP contribution < -0.4 is 0 Å². The van der Waals surface area contributed by atoms with Crippen molar-refractivity contribution in [1.82, 2.24) is 0 Å². The van der Waals surface area contributed by atoms with Gasteiger partial charge in [-0.15, -0.1) is 0 Å². The topological polar surface area (TPSA) is 74.6 Å². The SMILES string of the molecule is CCCCCCCCCCCCCC1=C(O)C(=O)C(C)=C(O)C1=O. The van der Waals surface area contributed by atoms with Gasteiger partial charge in [0.2, 0.25) is 11.6 Å². The molecule has 2 N–H and O–H groups in total. The second kappa shape index (κ2) is 11.1. The summed E-state index contributed by atoms with van der Waals surface area (Å²) >= 11 is 0. The molecular weight excluding hydrogens is 304 g/mol. The zero-order chi connectivity index (χ0) is 17.9. The van der Waals surface area contributed by atoms with Crippen molar-refractivity contribution in [2.24, 2.45) is 0 Å². The third-order valence-electron chi connectivity index (χ3n) is 4.72. The number of Topliss-reactive ketones (excluding diaryl/α,β-unsaturated/α-hetero) is 2. The van der Waals surface area contributed by atoms with Crippen LogP contribution in [0.15, 0.2) is 22.7 Å². The van der Waals surface area contributed by atoms with Gasteiger partial charge in [0.25, 0.3) is 0 Å². The molecule has 0 saturated heterocycles. The molecule has 0 amide bonds. The van der Waals surface area contributed by atoms with E-state index in [9.17, 15) is 19.8 Å². The van der Waals surface area contributed by atoms with Crippen LogP contribution in [0, 0.1) is 0 Å². The monoisotopic (exact) mass is 336 g/mol. The van der Waals surface area contributed by atoms with Crippen LogP contribution in [0.5, 0.6) is 0 Å². The van der Waals surface area contributed by atoms with Gasteiger partial charge in [0.1, 0.15) is 0 Å². The molecule has 4 heteroatoms. The second-order valence-electron chi connectivity index (χ2n) is 6.74. The highest BCUT2D eigenvalue weighted by Crippen LogP contribution is 2.25. The molecule has 24 heavy (non-hydrogen) atoms. The fraction of sp³-hybridized carbons (Fsp3) is 0.700. The molecule has 0 aromatic rings. The molecule has 0 bridgehead atoms. The molecule has 1 aliphatic carbocycles. The first-order valence-electron chi connectivity index (χ1n) is 9.42. The number of hydrogen-bond donors (Lipinski definition) is 2. The third kappa shape index (κ3) is 6.14. The fourth-order valence-electron chi connectivity index (χ4n) is 3.04. The Bertz CT molecular complexity index is 500. The summed E-state index contributed by atoms with van der Waals surface area (Å²) in [6.07, 6.45) is 13.5. The van der Waals surface area contributed by atoms with Gasteiger partial charge < -0.3 is 10.2 Å². The van der Waals surface area contributed by atoms with Crippen LogP contribution in [0.25, 0.3) is 0 Å². The Kier molecular flexibility index (Phi) is 9.43. The first kappa shape index (κ1) is 20.5. The van der Waals surface area contributed by atoms with E-state index in [-0.39, 0.29) is 11.1 Å². The molecule has 4 nitrogen and oxygen atoms in total. The van der Waals surface area contributed by atoms with Gasteiger partial charge in [-0.25, -0.2) is 0 Å². The van der Waals surface area contributed by atoms with Gasteiger partial charge in [-0.3, -0.25) is 9.59 Å². The van der Waals surface area contributed by atoms with E-state index >= 15 is 0 Å². The van der Waals surface area contributed by atoms with E-state index in [1.165, 1.54) is 58.3 Å². The maximum Gasteiger partial charge on any atom is 0.227 e. The van der Waals surface area contributed by atoms with E-state index in [0.717, 1.165) is 19.3 Å². The van der Waals surface area contributed by atoms with Gasteiger partial charge in [-0.05, 0) is 19.8 Å². The highest BCUT2D eigenvalue weighted by atomic mass is 16.3. The summed E-state index contributed by atoms with van der Waals surface area (Å²) in [5.41, 5.74) is -0.000731. The minimum absolute atomic E-state index is 0.0685. The summed E-state index contributed by atoms with van der Waals surface area (Å²) in [6, 6.07) is 0. The Balaban J connectivity index is 2.15. The van der Waals surface area contributed by atoms with Crippen LogP contribution >= 0.6 is 0 Å². The van der Waals surface area contributed by atoms with Crippen molar-refractivity contribution in [3.8, 4) is 0 Å². The summed E-state index contributed by atoms with van der Waals surface area (Å²) in [6.45, 7) is 3.58. The molecule has 1 rings (SSSR count). The largest absolute Gasteiger partial charge is 0.504 e. The summed E-state index contributed by atoms with van der Waals surface area (Å²) in [4.78, 5) is 23.6. The summed E-state index contributed by atoms with van der Waals surface area (Å²) in [5.74, 6) is -2.24. The molecule has 0 fully saturated rings. The van der Waals surface area contributed by atoms with Gasteiger partial charge in [-0.1, -0.05) is 71.1 Å². The molecule has 0 aromatic heterocycles. The van der Waals surface area contributed by atoms with Crippen LogP contribution in [-0.4, -0.2) is 21.8 Å². The van der Waals surface area contributed by atoms with Crippen molar-refractivity contribution in [1.29, 1.82) is 0 Å². The zero-order valence-electron chi connectivity index (χ0n) is 15.2. The molecular formula is C20H32O4. The molecule has 0 unspecified atom stereocenters. The Morgan fingerprint density at radius 2 is 1.12 bits per heavy atom. The lowest BCUT2D eigenvalue weighted by Gasteiger charge is -2.15. The van der Waals surface area contributed by atoms with E-state index < -0.39 is 23.1 Å². The van der Waals surface area contributed by atoms with E-state index in [1.54, 1.807) is 0 Å². The minimum Gasteiger partial charge on any atom is -0.504 e. The highest BCUT2D eigenvalue weighted by molar-refractivity contribution is 6.22. The van der Waals surface area contributed by atoms with Crippen LogP contribution in [0.4, 0.5) is 0 Å². The predicted molar refractivity (Wildman–Crippen MR) is 96.1 cm³/mol. The van der Waals surface area contributed by atoms with Crippen LogP contribution in [0.2, 0.25) is 0 Å². The normalized spacial score (nSPS) is 15.6. The quantitative estimate of drug-likeness (QED) is 0.365. The molecule has 0 radical (unpaired) electrons. The lowest BCUT2D eigenvalue weighted by molar-refractivity contribution is -0.120. The maximum absolute atomic E-state index is 11.9. The molecule has 0 aliphatic heterocycles. The molecule has 1 aliphatic rings.